The molecule has 1 saturated heterocycles. The largest absolute Gasteiger partial charge is 0.198 e. The van der Waals surface area contributed by atoms with Gasteiger partial charge in [0.2, 0.25) is 0 Å². The van der Waals surface area contributed by atoms with E-state index in [0.717, 1.165) is 0 Å². The summed E-state index contributed by atoms with van der Waals surface area (Å²) in [5, 5.41) is 17.1. The van der Waals surface area contributed by atoms with E-state index in [1.165, 1.54) is 11.8 Å². The number of rotatable bonds is 2. The first-order valence-corrected chi connectivity index (χ1v) is 5.69. The lowest BCUT2D eigenvalue weighted by molar-refractivity contribution is 0.407. The van der Waals surface area contributed by atoms with Gasteiger partial charge >= 0.3 is 0 Å². The molecule has 0 aliphatic carbocycles. The second kappa shape index (κ2) is 4.96. The Labute approximate surface area is 91.8 Å². The van der Waals surface area contributed by atoms with E-state index in [1.54, 1.807) is 0 Å². The van der Waals surface area contributed by atoms with Crippen LogP contribution in [0.1, 0.15) is 12.8 Å². The van der Waals surface area contributed by atoms with E-state index in [1.807, 2.05) is 0 Å². The summed E-state index contributed by atoms with van der Waals surface area (Å²) in [5.41, 5.74) is 0. The molecule has 13 heavy (non-hydrogen) atoms. The van der Waals surface area contributed by atoms with Crippen molar-refractivity contribution in [3.8, 4) is 12.1 Å². The third-order valence-corrected chi connectivity index (χ3v) is 4.62. The molecule has 0 aromatic carbocycles. The van der Waals surface area contributed by atoms with E-state index in [2.05, 4.69) is 12.1 Å². The van der Waals surface area contributed by atoms with Crippen LogP contribution in [0.15, 0.2) is 0 Å². The molecule has 0 aromatic heterocycles. The SMILES string of the molecule is N#CCC1C(Cl)SC(Cl)C1CC#N. The second-order valence-corrected chi connectivity index (χ2v) is 5.64. The quantitative estimate of drug-likeness (QED) is 0.691. The third-order valence-electron chi connectivity index (χ3n) is 2.14. The minimum Gasteiger partial charge on any atom is -0.198 e. The molecule has 0 amide bonds. The molecule has 5 heteroatoms. The van der Waals surface area contributed by atoms with Crippen LogP contribution in [0.4, 0.5) is 0 Å². The molecular formula is C8H8Cl2N2S. The Balaban J connectivity index is 2.67. The number of hydrogen-bond donors (Lipinski definition) is 0. The molecule has 1 rings (SSSR count). The molecule has 4 atom stereocenters. The number of nitriles is 2. The highest BCUT2D eigenvalue weighted by molar-refractivity contribution is 8.03. The van der Waals surface area contributed by atoms with Crippen molar-refractivity contribution in [1.82, 2.24) is 0 Å². The molecule has 0 bridgehead atoms. The molecule has 4 unspecified atom stereocenters. The average molecular weight is 235 g/mol. The van der Waals surface area contributed by atoms with Crippen molar-refractivity contribution < 1.29 is 0 Å². The maximum absolute atomic E-state index is 8.57. The van der Waals surface area contributed by atoms with Gasteiger partial charge in [-0.15, -0.1) is 35.0 Å². The van der Waals surface area contributed by atoms with Crippen molar-refractivity contribution in [3.63, 3.8) is 0 Å². The van der Waals surface area contributed by atoms with Crippen LogP contribution >= 0.6 is 35.0 Å². The van der Waals surface area contributed by atoms with Crippen LogP contribution < -0.4 is 0 Å². The molecule has 2 nitrogen and oxygen atoms in total. The van der Waals surface area contributed by atoms with Gasteiger partial charge in [0.1, 0.15) is 0 Å². The Hall–Kier alpha value is -0.0900. The van der Waals surface area contributed by atoms with Gasteiger partial charge in [-0.3, -0.25) is 0 Å². The van der Waals surface area contributed by atoms with E-state index in [0.29, 0.717) is 12.8 Å². The Kier molecular flexibility index (Phi) is 4.19. The van der Waals surface area contributed by atoms with E-state index < -0.39 is 0 Å². The Morgan fingerprint density at radius 1 is 1.00 bits per heavy atom. The summed E-state index contributed by atoms with van der Waals surface area (Å²) >= 11 is 13.4. The Morgan fingerprint density at radius 3 is 1.69 bits per heavy atom. The predicted molar refractivity (Wildman–Crippen MR) is 54.3 cm³/mol. The van der Waals surface area contributed by atoms with Crippen molar-refractivity contribution in [3.05, 3.63) is 0 Å². The number of alkyl halides is 2. The standard InChI is InChI=1S/C8H8Cl2N2S/c9-7-5(1-3-11)6(2-4-12)8(10)13-7/h5-8H,1-2H2. The molecule has 1 aliphatic rings. The zero-order chi connectivity index (χ0) is 9.84. The van der Waals surface area contributed by atoms with Gasteiger partial charge in [0.15, 0.2) is 0 Å². The van der Waals surface area contributed by atoms with Crippen molar-refractivity contribution in [2.24, 2.45) is 11.8 Å². The van der Waals surface area contributed by atoms with Crippen molar-refractivity contribution >= 4 is 35.0 Å². The van der Waals surface area contributed by atoms with Crippen molar-refractivity contribution in [2.75, 3.05) is 0 Å². The van der Waals surface area contributed by atoms with Crippen LogP contribution in [-0.2, 0) is 0 Å². The van der Waals surface area contributed by atoms with Crippen LogP contribution in [0.5, 0.6) is 0 Å². The molecule has 0 spiro atoms. The molecule has 0 aromatic rings. The first-order chi connectivity index (χ1) is 6.20. The fourth-order valence-corrected chi connectivity index (χ4v) is 4.04. The Bertz CT molecular complexity index is 232. The van der Waals surface area contributed by atoms with Gasteiger partial charge in [0, 0.05) is 24.7 Å². The molecule has 0 saturated carbocycles. The van der Waals surface area contributed by atoms with E-state index in [4.69, 9.17) is 33.7 Å². The fraction of sp³-hybridized carbons (Fsp3) is 0.750. The van der Waals surface area contributed by atoms with E-state index >= 15 is 0 Å². The van der Waals surface area contributed by atoms with Gasteiger partial charge in [-0.25, -0.2) is 0 Å². The van der Waals surface area contributed by atoms with Gasteiger partial charge in [0.05, 0.1) is 21.6 Å². The number of hydrogen-bond acceptors (Lipinski definition) is 3. The molecule has 0 N–H and O–H groups in total. The number of thioether (sulfide) groups is 1. The Morgan fingerprint density at radius 2 is 1.38 bits per heavy atom. The summed E-state index contributed by atoms with van der Waals surface area (Å²) in [5.74, 6) is 0.109. The van der Waals surface area contributed by atoms with Crippen LogP contribution in [-0.4, -0.2) is 9.42 Å². The lowest BCUT2D eigenvalue weighted by Gasteiger charge is -2.15. The highest BCUT2D eigenvalue weighted by Gasteiger charge is 2.41. The normalized spacial score (nSPS) is 38.2. The summed E-state index contributed by atoms with van der Waals surface area (Å²) in [6.45, 7) is 0. The number of nitrogens with zero attached hydrogens (tertiary/aromatic N) is 2. The van der Waals surface area contributed by atoms with Crippen molar-refractivity contribution in [1.29, 1.82) is 10.5 Å². The molecular weight excluding hydrogens is 227 g/mol. The monoisotopic (exact) mass is 234 g/mol. The lowest BCUT2D eigenvalue weighted by Crippen LogP contribution is -2.17. The van der Waals surface area contributed by atoms with Gasteiger partial charge in [-0.05, 0) is 0 Å². The first-order valence-electron chi connectivity index (χ1n) is 3.88. The highest BCUT2D eigenvalue weighted by atomic mass is 35.5. The highest BCUT2D eigenvalue weighted by Crippen LogP contribution is 2.49. The van der Waals surface area contributed by atoms with E-state index in [9.17, 15) is 0 Å². The zero-order valence-corrected chi connectivity index (χ0v) is 9.11. The van der Waals surface area contributed by atoms with E-state index in [-0.39, 0.29) is 21.3 Å². The molecule has 1 fully saturated rings. The molecule has 70 valence electrons. The fourth-order valence-electron chi connectivity index (χ4n) is 1.41. The summed E-state index contributed by atoms with van der Waals surface area (Å²) in [6.07, 6.45) is 0.771. The maximum Gasteiger partial charge on any atom is 0.0845 e. The minimum atomic E-state index is -0.125. The van der Waals surface area contributed by atoms with Crippen LogP contribution in [0, 0.1) is 34.5 Å². The van der Waals surface area contributed by atoms with Gasteiger partial charge in [-0.1, -0.05) is 0 Å². The molecule has 1 heterocycles. The maximum atomic E-state index is 8.57. The summed E-state index contributed by atoms with van der Waals surface area (Å²) < 4.78 is -0.249. The third kappa shape index (κ3) is 2.44. The lowest BCUT2D eigenvalue weighted by atomic mass is 9.91. The minimum absolute atomic E-state index is 0.0545. The molecule has 0 radical (unpaired) electrons. The van der Waals surface area contributed by atoms with Gasteiger partial charge in [0.25, 0.3) is 0 Å². The van der Waals surface area contributed by atoms with Gasteiger partial charge < -0.3 is 0 Å². The average Bonchev–Trinajstić information content (AvgIpc) is 2.33. The smallest absolute Gasteiger partial charge is 0.0845 e. The van der Waals surface area contributed by atoms with Crippen LogP contribution in [0.25, 0.3) is 0 Å². The van der Waals surface area contributed by atoms with Crippen LogP contribution in [0.2, 0.25) is 0 Å². The zero-order valence-electron chi connectivity index (χ0n) is 6.78. The first kappa shape index (κ1) is 11.0. The molecule has 1 aliphatic heterocycles. The summed E-state index contributed by atoms with van der Waals surface area (Å²) in [7, 11) is 0. The van der Waals surface area contributed by atoms with Gasteiger partial charge in [-0.2, -0.15) is 10.5 Å². The van der Waals surface area contributed by atoms with Crippen molar-refractivity contribution in [2.45, 2.75) is 22.3 Å². The number of halogens is 2. The summed E-state index contributed by atoms with van der Waals surface area (Å²) in [4.78, 5) is 0. The predicted octanol–water partition coefficient (Wildman–Crippen LogP) is 2.92. The summed E-state index contributed by atoms with van der Waals surface area (Å²) in [6, 6.07) is 4.17. The van der Waals surface area contributed by atoms with Crippen LogP contribution in [0.3, 0.4) is 0 Å². The topological polar surface area (TPSA) is 47.6 Å². The second-order valence-electron chi connectivity index (χ2n) is 2.89.